The van der Waals surface area contributed by atoms with Crippen molar-refractivity contribution in [3.8, 4) is 5.69 Å². The number of benzene rings is 2. The van der Waals surface area contributed by atoms with E-state index in [-0.39, 0.29) is 17.7 Å². The van der Waals surface area contributed by atoms with Gasteiger partial charge in [-0.25, -0.2) is 4.68 Å². The van der Waals surface area contributed by atoms with Crippen LogP contribution in [0.25, 0.3) is 5.69 Å². The van der Waals surface area contributed by atoms with Gasteiger partial charge in [0.15, 0.2) is 5.82 Å². The maximum Gasteiger partial charge on any atom is 0.253 e. The quantitative estimate of drug-likeness (QED) is 0.539. The van der Waals surface area contributed by atoms with Crippen molar-refractivity contribution in [3.05, 3.63) is 96.4 Å². The van der Waals surface area contributed by atoms with Gasteiger partial charge in [0.1, 0.15) is 0 Å². The van der Waals surface area contributed by atoms with Crippen LogP contribution in [0.3, 0.4) is 0 Å². The molecule has 7 heteroatoms. The SMILES string of the molecule is O=C(c1cccc(-n2cccn2)c1)N1CC(c2ccccc2)C(c2ncon2)C1. The highest BCUT2D eigenvalue weighted by Gasteiger charge is 2.39. The van der Waals surface area contributed by atoms with Gasteiger partial charge in [-0.2, -0.15) is 10.1 Å². The molecule has 2 atom stereocenters. The fourth-order valence-electron chi connectivity index (χ4n) is 4.00. The van der Waals surface area contributed by atoms with Gasteiger partial charge in [-0.05, 0) is 29.8 Å². The first kappa shape index (κ1) is 17.4. The van der Waals surface area contributed by atoms with Crippen LogP contribution in [-0.4, -0.2) is 43.8 Å². The Hall–Kier alpha value is -3.74. The van der Waals surface area contributed by atoms with Crippen LogP contribution in [0.5, 0.6) is 0 Å². The van der Waals surface area contributed by atoms with Gasteiger partial charge in [0.05, 0.1) is 5.69 Å². The van der Waals surface area contributed by atoms with Gasteiger partial charge in [-0.3, -0.25) is 4.79 Å². The zero-order chi connectivity index (χ0) is 19.6. The predicted octanol–water partition coefficient (Wildman–Crippen LogP) is 3.28. The van der Waals surface area contributed by atoms with E-state index in [4.69, 9.17) is 4.52 Å². The van der Waals surface area contributed by atoms with E-state index in [1.54, 1.807) is 10.9 Å². The summed E-state index contributed by atoms with van der Waals surface area (Å²) in [6.07, 6.45) is 4.92. The average molecular weight is 385 g/mol. The summed E-state index contributed by atoms with van der Waals surface area (Å²) in [6.45, 7) is 1.15. The van der Waals surface area contributed by atoms with Crippen LogP contribution < -0.4 is 0 Å². The average Bonchev–Trinajstić information content (AvgIpc) is 3.55. The molecule has 0 aliphatic carbocycles. The minimum atomic E-state index is -0.00840. The molecular formula is C22H19N5O2. The van der Waals surface area contributed by atoms with Crippen LogP contribution in [0, 0.1) is 0 Å². The Morgan fingerprint density at radius 1 is 1.00 bits per heavy atom. The molecule has 2 unspecified atom stereocenters. The lowest BCUT2D eigenvalue weighted by molar-refractivity contribution is 0.0788. The summed E-state index contributed by atoms with van der Waals surface area (Å²) in [7, 11) is 0. The van der Waals surface area contributed by atoms with E-state index in [0.29, 0.717) is 24.5 Å². The smallest absolute Gasteiger partial charge is 0.253 e. The number of nitrogens with zero attached hydrogens (tertiary/aromatic N) is 5. The van der Waals surface area contributed by atoms with E-state index in [1.807, 2.05) is 59.6 Å². The Morgan fingerprint density at radius 2 is 1.86 bits per heavy atom. The molecule has 2 aromatic carbocycles. The van der Waals surface area contributed by atoms with E-state index in [1.165, 1.54) is 12.0 Å². The monoisotopic (exact) mass is 385 g/mol. The molecule has 7 nitrogen and oxygen atoms in total. The number of carbonyl (C=O) groups excluding carboxylic acids is 1. The molecule has 1 aliphatic rings. The largest absolute Gasteiger partial charge is 0.343 e. The summed E-state index contributed by atoms with van der Waals surface area (Å²) < 4.78 is 6.72. The topological polar surface area (TPSA) is 77.0 Å². The first-order chi connectivity index (χ1) is 14.3. The molecule has 0 saturated carbocycles. The Morgan fingerprint density at radius 3 is 2.62 bits per heavy atom. The highest BCUT2D eigenvalue weighted by Crippen LogP contribution is 2.38. The van der Waals surface area contributed by atoms with Crippen LogP contribution in [0.15, 0.2) is 84.0 Å². The van der Waals surface area contributed by atoms with Crippen LogP contribution in [-0.2, 0) is 0 Å². The van der Waals surface area contributed by atoms with Gasteiger partial charge in [-0.15, -0.1) is 0 Å². The Kier molecular flexibility index (Phi) is 4.40. The Balaban J connectivity index is 1.44. The molecule has 1 aliphatic heterocycles. The summed E-state index contributed by atoms with van der Waals surface area (Å²) in [5.74, 6) is 0.742. The van der Waals surface area contributed by atoms with Crippen LogP contribution in [0.1, 0.15) is 33.6 Å². The number of carbonyl (C=O) groups is 1. The molecule has 5 rings (SSSR count). The van der Waals surface area contributed by atoms with Crippen molar-refractivity contribution >= 4 is 5.91 Å². The highest BCUT2D eigenvalue weighted by molar-refractivity contribution is 5.95. The van der Waals surface area contributed by atoms with Crippen molar-refractivity contribution in [3.63, 3.8) is 0 Å². The molecule has 4 aromatic rings. The third kappa shape index (κ3) is 3.31. The van der Waals surface area contributed by atoms with Gasteiger partial charge < -0.3 is 9.42 Å². The minimum Gasteiger partial charge on any atom is -0.343 e. The van der Waals surface area contributed by atoms with Gasteiger partial charge in [0.2, 0.25) is 6.39 Å². The van der Waals surface area contributed by atoms with Crippen LogP contribution in [0.2, 0.25) is 0 Å². The summed E-state index contributed by atoms with van der Waals surface area (Å²) in [4.78, 5) is 19.4. The van der Waals surface area contributed by atoms with Crippen molar-refractivity contribution in [2.45, 2.75) is 11.8 Å². The second-order valence-corrected chi connectivity index (χ2v) is 7.12. The lowest BCUT2D eigenvalue weighted by Crippen LogP contribution is -2.29. The molecule has 1 fully saturated rings. The number of hydrogen-bond donors (Lipinski definition) is 0. The van der Waals surface area contributed by atoms with Crippen LogP contribution in [0.4, 0.5) is 0 Å². The molecule has 0 bridgehead atoms. The Labute approximate surface area is 167 Å². The zero-order valence-electron chi connectivity index (χ0n) is 15.6. The fourth-order valence-corrected chi connectivity index (χ4v) is 4.00. The number of rotatable bonds is 4. The van der Waals surface area contributed by atoms with Gasteiger partial charge in [-0.1, -0.05) is 41.6 Å². The van der Waals surface area contributed by atoms with Crippen molar-refractivity contribution in [2.75, 3.05) is 13.1 Å². The van der Waals surface area contributed by atoms with Crippen molar-refractivity contribution in [1.82, 2.24) is 24.8 Å². The molecule has 1 saturated heterocycles. The zero-order valence-corrected chi connectivity index (χ0v) is 15.6. The van der Waals surface area contributed by atoms with E-state index in [2.05, 4.69) is 27.4 Å². The molecule has 1 amide bonds. The van der Waals surface area contributed by atoms with E-state index >= 15 is 0 Å². The maximum absolute atomic E-state index is 13.3. The summed E-state index contributed by atoms with van der Waals surface area (Å²) in [5.41, 5.74) is 2.66. The highest BCUT2D eigenvalue weighted by atomic mass is 16.5. The molecule has 3 heterocycles. The lowest BCUT2D eigenvalue weighted by Gasteiger charge is -2.17. The van der Waals surface area contributed by atoms with Crippen molar-refractivity contribution in [2.24, 2.45) is 0 Å². The van der Waals surface area contributed by atoms with Crippen molar-refractivity contribution in [1.29, 1.82) is 0 Å². The first-order valence-electron chi connectivity index (χ1n) is 9.50. The van der Waals surface area contributed by atoms with E-state index in [0.717, 1.165) is 5.69 Å². The van der Waals surface area contributed by atoms with Gasteiger partial charge in [0, 0.05) is 42.9 Å². The molecule has 2 aromatic heterocycles. The second kappa shape index (κ2) is 7.35. The third-order valence-corrected chi connectivity index (χ3v) is 5.41. The minimum absolute atomic E-state index is 0.00519. The predicted molar refractivity (Wildman–Crippen MR) is 106 cm³/mol. The third-order valence-electron chi connectivity index (χ3n) is 5.41. The number of aromatic nitrogens is 4. The second-order valence-electron chi connectivity index (χ2n) is 7.12. The van der Waals surface area contributed by atoms with E-state index < -0.39 is 0 Å². The summed E-state index contributed by atoms with van der Waals surface area (Å²) in [5, 5.41) is 8.30. The molecule has 0 N–H and O–H groups in total. The lowest BCUT2D eigenvalue weighted by atomic mass is 9.88. The first-order valence-corrected chi connectivity index (χ1v) is 9.50. The summed E-state index contributed by atoms with van der Waals surface area (Å²) >= 11 is 0. The normalized spacial score (nSPS) is 18.8. The molecule has 144 valence electrons. The molecule has 29 heavy (non-hydrogen) atoms. The van der Waals surface area contributed by atoms with E-state index in [9.17, 15) is 4.79 Å². The number of hydrogen-bond acceptors (Lipinski definition) is 5. The van der Waals surface area contributed by atoms with Gasteiger partial charge in [0.25, 0.3) is 5.91 Å². The molecule has 0 spiro atoms. The molecular weight excluding hydrogens is 366 g/mol. The summed E-state index contributed by atoms with van der Waals surface area (Å²) in [6, 6.07) is 19.6. The van der Waals surface area contributed by atoms with Crippen LogP contribution >= 0.6 is 0 Å². The van der Waals surface area contributed by atoms with Crippen molar-refractivity contribution < 1.29 is 9.32 Å². The number of likely N-dealkylation sites (tertiary alicyclic amines) is 1. The van der Waals surface area contributed by atoms with Gasteiger partial charge >= 0.3 is 0 Å². The molecule has 0 radical (unpaired) electrons. The number of amides is 1. The standard InChI is InChI=1S/C22H19N5O2/c28-22(17-8-4-9-18(12-17)27-11-5-10-24-27)26-13-19(16-6-2-1-3-7-16)20(14-26)21-23-15-29-25-21/h1-12,15,19-20H,13-14H2. The maximum atomic E-state index is 13.3. The fraction of sp³-hybridized carbons (Fsp3) is 0.182. The Bertz CT molecular complexity index is 1090.